The lowest BCUT2D eigenvalue weighted by Crippen LogP contribution is -2.06. The van der Waals surface area contributed by atoms with E-state index in [4.69, 9.17) is 9.26 Å². The summed E-state index contributed by atoms with van der Waals surface area (Å²) in [6.07, 6.45) is 6.18. The van der Waals surface area contributed by atoms with E-state index in [1.165, 1.54) is 0 Å². The minimum absolute atomic E-state index is 0.595. The van der Waals surface area contributed by atoms with Gasteiger partial charge >= 0.3 is 0 Å². The summed E-state index contributed by atoms with van der Waals surface area (Å²) < 4.78 is 12.8. The highest BCUT2D eigenvalue weighted by atomic mass is 16.5. The third-order valence-corrected chi connectivity index (χ3v) is 3.06. The molecule has 0 bridgehead atoms. The predicted octanol–water partition coefficient (Wildman–Crippen LogP) is 2.57. The normalized spacial score (nSPS) is 10.7. The molecule has 0 saturated carbocycles. The number of aryl methyl sites for hydroxylation is 1. The summed E-state index contributed by atoms with van der Waals surface area (Å²) in [4.78, 5) is 8.28. The van der Waals surface area contributed by atoms with Crippen LogP contribution in [0.15, 0.2) is 47.5 Å². The average molecular weight is 284 g/mol. The molecule has 0 radical (unpaired) electrons. The molecule has 2 heterocycles. The quantitative estimate of drug-likeness (QED) is 0.696. The van der Waals surface area contributed by atoms with Crippen molar-refractivity contribution in [3.05, 3.63) is 48.9 Å². The van der Waals surface area contributed by atoms with E-state index < -0.39 is 0 Å². The van der Waals surface area contributed by atoms with E-state index in [2.05, 4.69) is 15.1 Å². The Kier molecular flexibility index (Phi) is 3.95. The van der Waals surface area contributed by atoms with Crippen LogP contribution in [0.2, 0.25) is 0 Å². The smallest absolute Gasteiger partial charge is 0.226 e. The van der Waals surface area contributed by atoms with Crippen molar-refractivity contribution in [2.45, 2.75) is 19.9 Å². The van der Waals surface area contributed by atoms with Gasteiger partial charge in [0.2, 0.25) is 11.7 Å². The highest BCUT2D eigenvalue weighted by molar-refractivity contribution is 5.55. The number of ether oxygens (including phenoxy) is 1. The van der Waals surface area contributed by atoms with E-state index in [1.807, 2.05) is 42.0 Å². The molecule has 6 heteroatoms. The third-order valence-electron chi connectivity index (χ3n) is 3.06. The van der Waals surface area contributed by atoms with Crippen molar-refractivity contribution in [3.63, 3.8) is 0 Å². The molecule has 0 saturated heterocycles. The van der Waals surface area contributed by atoms with Gasteiger partial charge in [0.15, 0.2) is 0 Å². The van der Waals surface area contributed by atoms with Gasteiger partial charge in [-0.3, -0.25) is 0 Å². The number of rotatable bonds is 6. The van der Waals surface area contributed by atoms with Crippen molar-refractivity contribution in [1.29, 1.82) is 0 Å². The first-order valence-electron chi connectivity index (χ1n) is 6.86. The van der Waals surface area contributed by atoms with Crippen molar-refractivity contribution < 1.29 is 9.26 Å². The Balaban J connectivity index is 1.58. The summed E-state index contributed by atoms with van der Waals surface area (Å²) in [7, 11) is 0. The highest BCUT2D eigenvalue weighted by Gasteiger charge is 2.07. The Morgan fingerprint density at radius 3 is 2.76 bits per heavy atom. The van der Waals surface area contributed by atoms with Crippen LogP contribution in [-0.2, 0) is 13.0 Å². The first kappa shape index (κ1) is 13.4. The molecule has 108 valence electrons. The van der Waals surface area contributed by atoms with Gasteiger partial charge in [-0.1, -0.05) is 12.1 Å². The van der Waals surface area contributed by atoms with Crippen LogP contribution in [0.3, 0.4) is 0 Å². The molecular formula is C15H16N4O2. The molecule has 0 aliphatic heterocycles. The maximum absolute atomic E-state index is 5.68. The van der Waals surface area contributed by atoms with E-state index in [1.54, 1.807) is 12.5 Å². The standard InChI is InChI=1S/C15H16N4O2/c1-2-14-17-15(18-21-14)12-3-5-13(6-4-12)20-10-9-19-8-7-16-11-19/h3-8,11H,2,9-10H2,1H3. The molecule has 0 N–H and O–H groups in total. The van der Waals surface area contributed by atoms with Crippen molar-refractivity contribution >= 4 is 0 Å². The zero-order chi connectivity index (χ0) is 14.5. The molecule has 1 aromatic carbocycles. The maximum atomic E-state index is 5.68. The molecule has 0 spiro atoms. The van der Waals surface area contributed by atoms with Crippen LogP contribution in [0, 0.1) is 0 Å². The van der Waals surface area contributed by atoms with E-state index in [9.17, 15) is 0 Å². The molecule has 6 nitrogen and oxygen atoms in total. The Morgan fingerprint density at radius 2 is 2.10 bits per heavy atom. The summed E-state index contributed by atoms with van der Waals surface area (Å²) in [5.41, 5.74) is 0.917. The fourth-order valence-electron chi connectivity index (χ4n) is 1.90. The second kappa shape index (κ2) is 6.21. The van der Waals surface area contributed by atoms with Gasteiger partial charge in [0.25, 0.3) is 0 Å². The molecule has 0 atom stereocenters. The van der Waals surface area contributed by atoms with Crippen molar-refractivity contribution in [2.75, 3.05) is 6.61 Å². The van der Waals surface area contributed by atoms with Gasteiger partial charge in [0.05, 0.1) is 12.9 Å². The van der Waals surface area contributed by atoms with Crippen LogP contribution in [0.25, 0.3) is 11.4 Å². The lowest BCUT2D eigenvalue weighted by atomic mass is 10.2. The first-order chi connectivity index (χ1) is 10.3. The summed E-state index contributed by atoms with van der Waals surface area (Å²) in [6.45, 7) is 3.35. The zero-order valence-electron chi connectivity index (χ0n) is 11.8. The van der Waals surface area contributed by atoms with Gasteiger partial charge in [-0.2, -0.15) is 4.98 Å². The van der Waals surface area contributed by atoms with Gasteiger partial charge in [-0.25, -0.2) is 4.98 Å². The van der Waals surface area contributed by atoms with Crippen molar-refractivity contribution in [1.82, 2.24) is 19.7 Å². The SMILES string of the molecule is CCc1nc(-c2ccc(OCCn3ccnc3)cc2)no1. The number of hydrogen-bond donors (Lipinski definition) is 0. The summed E-state index contributed by atoms with van der Waals surface area (Å²) in [5, 5.41) is 3.95. The van der Waals surface area contributed by atoms with E-state index >= 15 is 0 Å². The number of aromatic nitrogens is 4. The number of benzene rings is 1. The Hall–Kier alpha value is -2.63. The zero-order valence-corrected chi connectivity index (χ0v) is 11.8. The molecule has 0 aliphatic rings. The van der Waals surface area contributed by atoms with Crippen molar-refractivity contribution in [2.24, 2.45) is 0 Å². The molecule has 2 aromatic heterocycles. The molecule has 0 fully saturated rings. The number of hydrogen-bond acceptors (Lipinski definition) is 5. The molecule has 0 aliphatic carbocycles. The molecule has 3 rings (SSSR count). The lowest BCUT2D eigenvalue weighted by molar-refractivity contribution is 0.298. The van der Waals surface area contributed by atoms with Gasteiger partial charge in [0.1, 0.15) is 12.4 Å². The number of imidazole rings is 1. The Bertz CT molecular complexity index is 674. The summed E-state index contributed by atoms with van der Waals surface area (Å²) >= 11 is 0. The average Bonchev–Trinajstić information content (AvgIpc) is 3.19. The van der Waals surface area contributed by atoms with Gasteiger partial charge in [-0.05, 0) is 24.3 Å². The topological polar surface area (TPSA) is 66.0 Å². The third kappa shape index (κ3) is 3.28. The first-order valence-corrected chi connectivity index (χ1v) is 6.86. The fraction of sp³-hybridized carbons (Fsp3) is 0.267. The minimum atomic E-state index is 0.595. The predicted molar refractivity (Wildman–Crippen MR) is 76.8 cm³/mol. The van der Waals surface area contributed by atoms with Crippen LogP contribution in [0.1, 0.15) is 12.8 Å². The molecule has 21 heavy (non-hydrogen) atoms. The molecule has 0 amide bonds. The monoisotopic (exact) mass is 284 g/mol. The van der Waals surface area contributed by atoms with E-state index in [-0.39, 0.29) is 0 Å². The molecule has 3 aromatic rings. The summed E-state index contributed by atoms with van der Waals surface area (Å²) in [5.74, 6) is 2.07. The Labute approximate surface area is 122 Å². The Morgan fingerprint density at radius 1 is 1.24 bits per heavy atom. The largest absolute Gasteiger partial charge is 0.492 e. The highest BCUT2D eigenvalue weighted by Crippen LogP contribution is 2.20. The van der Waals surface area contributed by atoms with Crippen LogP contribution in [0.5, 0.6) is 5.75 Å². The maximum Gasteiger partial charge on any atom is 0.226 e. The molecule has 0 unspecified atom stereocenters. The van der Waals surface area contributed by atoms with Gasteiger partial charge in [0, 0.05) is 24.4 Å². The van der Waals surface area contributed by atoms with E-state index in [0.717, 1.165) is 24.3 Å². The van der Waals surface area contributed by atoms with Crippen molar-refractivity contribution in [3.8, 4) is 17.1 Å². The second-order valence-corrected chi connectivity index (χ2v) is 4.54. The fourth-order valence-corrected chi connectivity index (χ4v) is 1.90. The van der Waals surface area contributed by atoms with Crippen LogP contribution < -0.4 is 4.74 Å². The number of nitrogens with zero attached hydrogens (tertiary/aromatic N) is 4. The minimum Gasteiger partial charge on any atom is -0.492 e. The summed E-state index contributed by atoms with van der Waals surface area (Å²) in [6, 6.07) is 7.67. The van der Waals surface area contributed by atoms with Crippen LogP contribution in [0.4, 0.5) is 0 Å². The van der Waals surface area contributed by atoms with Gasteiger partial charge in [-0.15, -0.1) is 0 Å². The van der Waals surface area contributed by atoms with E-state index in [0.29, 0.717) is 18.3 Å². The molecular weight excluding hydrogens is 268 g/mol. The lowest BCUT2D eigenvalue weighted by Gasteiger charge is -2.06. The van der Waals surface area contributed by atoms with Gasteiger partial charge < -0.3 is 13.8 Å². The van der Waals surface area contributed by atoms with Crippen LogP contribution >= 0.6 is 0 Å². The van der Waals surface area contributed by atoms with Crippen LogP contribution in [-0.4, -0.2) is 26.3 Å². The second-order valence-electron chi connectivity index (χ2n) is 4.54.